The van der Waals surface area contributed by atoms with Gasteiger partial charge >= 0.3 is 0 Å². The van der Waals surface area contributed by atoms with Crippen LogP contribution in [-0.2, 0) is 11.3 Å². The zero-order valence-electron chi connectivity index (χ0n) is 11.1. The van der Waals surface area contributed by atoms with E-state index >= 15 is 0 Å². The maximum Gasteiger partial charge on any atom is 0.220 e. The predicted octanol–water partition coefficient (Wildman–Crippen LogP) is 1.44. The summed E-state index contributed by atoms with van der Waals surface area (Å²) in [6, 6.07) is 0.523. The molecule has 1 saturated heterocycles. The van der Waals surface area contributed by atoms with E-state index in [4.69, 9.17) is 4.52 Å². The lowest BCUT2D eigenvalue weighted by molar-refractivity contribution is -0.121. The highest BCUT2D eigenvalue weighted by Gasteiger charge is 2.15. The van der Waals surface area contributed by atoms with E-state index in [1.807, 2.05) is 13.8 Å². The molecular formula is C13H21N3O2. The van der Waals surface area contributed by atoms with Crippen molar-refractivity contribution < 1.29 is 9.32 Å². The highest BCUT2D eigenvalue weighted by atomic mass is 16.5. The van der Waals surface area contributed by atoms with E-state index in [1.165, 1.54) is 12.8 Å². The van der Waals surface area contributed by atoms with E-state index in [0.717, 1.165) is 30.0 Å². The van der Waals surface area contributed by atoms with Crippen molar-refractivity contribution >= 4 is 5.91 Å². The molecule has 0 radical (unpaired) electrons. The van der Waals surface area contributed by atoms with Crippen molar-refractivity contribution in [2.24, 2.45) is 0 Å². The molecule has 1 fully saturated rings. The van der Waals surface area contributed by atoms with Crippen molar-refractivity contribution in [3.05, 3.63) is 17.0 Å². The predicted molar refractivity (Wildman–Crippen MR) is 68.1 cm³/mol. The minimum atomic E-state index is 0.101. The van der Waals surface area contributed by atoms with E-state index in [0.29, 0.717) is 19.0 Å². The number of nitrogens with zero attached hydrogens (tertiary/aromatic N) is 1. The second-order valence-corrected chi connectivity index (χ2v) is 4.91. The van der Waals surface area contributed by atoms with Crippen LogP contribution in [0.25, 0.3) is 0 Å². The average molecular weight is 251 g/mol. The largest absolute Gasteiger partial charge is 0.361 e. The molecule has 1 atom stereocenters. The second kappa shape index (κ2) is 6.00. The Morgan fingerprint density at radius 3 is 3.00 bits per heavy atom. The molecule has 18 heavy (non-hydrogen) atoms. The van der Waals surface area contributed by atoms with Gasteiger partial charge in [-0.15, -0.1) is 0 Å². The van der Waals surface area contributed by atoms with Gasteiger partial charge in [0.15, 0.2) is 0 Å². The van der Waals surface area contributed by atoms with Crippen molar-refractivity contribution in [1.29, 1.82) is 0 Å². The number of nitrogens with one attached hydrogen (secondary N) is 2. The van der Waals surface area contributed by atoms with Crippen molar-refractivity contribution in [2.45, 2.75) is 52.1 Å². The number of hydrogen-bond acceptors (Lipinski definition) is 4. The van der Waals surface area contributed by atoms with Crippen LogP contribution in [0, 0.1) is 13.8 Å². The quantitative estimate of drug-likeness (QED) is 0.831. The third-order valence-corrected chi connectivity index (χ3v) is 3.53. The third kappa shape index (κ3) is 3.32. The summed E-state index contributed by atoms with van der Waals surface area (Å²) in [6.45, 7) is 5.35. The van der Waals surface area contributed by atoms with Crippen molar-refractivity contribution in [1.82, 2.24) is 15.8 Å². The maximum atomic E-state index is 11.7. The molecule has 0 spiro atoms. The molecule has 0 aliphatic carbocycles. The molecule has 2 rings (SSSR count). The van der Waals surface area contributed by atoms with Gasteiger partial charge in [-0.3, -0.25) is 4.79 Å². The van der Waals surface area contributed by atoms with Crippen molar-refractivity contribution in [2.75, 3.05) is 6.54 Å². The molecule has 0 saturated carbocycles. The standard InChI is InChI=1S/C13H21N3O2/c1-9-12(10(2)18-16-9)8-15-13(17)6-5-11-4-3-7-14-11/h11,14H,3-8H2,1-2H3,(H,15,17). The fourth-order valence-corrected chi connectivity index (χ4v) is 2.34. The third-order valence-electron chi connectivity index (χ3n) is 3.53. The first kappa shape index (κ1) is 13.1. The Morgan fingerprint density at radius 1 is 1.56 bits per heavy atom. The minimum Gasteiger partial charge on any atom is -0.361 e. The lowest BCUT2D eigenvalue weighted by atomic mass is 10.1. The Kier molecular flexibility index (Phi) is 4.36. The van der Waals surface area contributed by atoms with Crippen LogP contribution in [0.2, 0.25) is 0 Å². The van der Waals surface area contributed by atoms with Crippen molar-refractivity contribution in [3.63, 3.8) is 0 Å². The fourth-order valence-electron chi connectivity index (χ4n) is 2.34. The van der Waals surface area contributed by atoms with E-state index in [1.54, 1.807) is 0 Å². The smallest absolute Gasteiger partial charge is 0.220 e. The molecule has 5 nitrogen and oxygen atoms in total. The Bertz CT molecular complexity index is 389. The van der Waals surface area contributed by atoms with E-state index in [9.17, 15) is 4.79 Å². The molecule has 1 aliphatic heterocycles. The van der Waals surface area contributed by atoms with Crippen LogP contribution in [0.4, 0.5) is 0 Å². The topological polar surface area (TPSA) is 67.2 Å². The number of rotatable bonds is 5. The van der Waals surface area contributed by atoms with Gasteiger partial charge in [-0.1, -0.05) is 5.16 Å². The Labute approximate surface area is 107 Å². The van der Waals surface area contributed by atoms with Gasteiger partial charge in [0.1, 0.15) is 5.76 Å². The molecule has 0 aromatic carbocycles. The molecule has 1 unspecified atom stereocenters. The van der Waals surface area contributed by atoms with E-state index < -0.39 is 0 Å². The number of carbonyl (C=O) groups excluding carboxylic acids is 1. The summed E-state index contributed by atoms with van der Waals surface area (Å²) < 4.78 is 5.06. The summed E-state index contributed by atoms with van der Waals surface area (Å²) in [6.07, 6.45) is 3.93. The highest BCUT2D eigenvalue weighted by Crippen LogP contribution is 2.13. The van der Waals surface area contributed by atoms with Gasteiger partial charge in [-0.25, -0.2) is 0 Å². The molecule has 100 valence electrons. The molecule has 1 amide bonds. The van der Waals surface area contributed by atoms with Gasteiger partial charge in [0.05, 0.1) is 5.69 Å². The fraction of sp³-hybridized carbons (Fsp3) is 0.692. The molecule has 1 aromatic rings. The van der Waals surface area contributed by atoms with Crippen LogP contribution in [-0.4, -0.2) is 23.7 Å². The number of aryl methyl sites for hydroxylation is 2. The molecule has 2 N–H and O–H groups in total. The summed E-state index contributed by atoms with van der Waals surface area (Å²) >= 11 is 0. The Morgan fingerprint density at radius 2 is 2.39 bits per heavy atom. The lowest BCUT2D eigenvalue weighted by Crippen LogP contribution is -2.27. The molecule has 1 aliphatic rings. The zero-order valence-corrected chi connectivity index (χ0v) is 11.1. The first-order valence-corrected chi connectivity index (χ1v) is 6.58. The van der Waals surface area contributed by atoms with Gasteiger partial charge in [0, 0.05) is 24.6 Å². The summed E-state index contributed by atoms with van der Waals surface area (Å²) in [5.41, 5.74) is 1.84. The SMILES string of the molecule is Cc1noc(C)c1CNC(=O)CCC1CCCN1. The zero-order chi connectivity index (χ0) is 13.0. The molecule has 1 aromatic heterocycles. The number of hydrogen-bond donors (Lipinski definition) is 2. The van der Waals surface area contributed by atoms with Crippen molar-refractivity contribution in [3.8, 4) is 0 Å². The molecule has 0 bridgehead atoms. The van der Waals surface area contributed by atoms with Gasteiger partial charge in [-0.05, 0) is 39.7 Å². The minimum absolute atomic E-state index is 0.101. The summed E-state index contributed by atoms with van der Waals surface area (Å²) in [4.78, 5) is 11.7. The lowest BCUT2D eigenvalue weighted by Gasteiger charge is -2.09. The highest BCUT2D eigenvalue weighted by molar-refractivity contribution is 5.75. The summed E-state index contributed by atoms with van der Waals surface area (Å²) in [5.74, 6) is 0.883. The van der Waals surface area contributed by atoms with E-state index in [-0.39, 0.29) is 5.91 Å². The Balaban J connectivity index is 1.71. The summed E-state index contributed by atoms with van der Waals surface area (Å²) in [7, 11) is 0. The first-order chi connectivity index (χ1) is 8.66. The number of amides is 1. The van der Waals surface area contributed by atoms with Gasteiger partial charge in [0.25, 0.3) is 0 Å². The normalized spacial score (nSPS) is 19.1. The monoisotopic (exact) mass is 251 g/mol. The van der Waals surface area contributed by atoms with Crippen LogP contribution < -0.4 is 10.6 Å². The number of carbonyl (C=O) groups is 1. The second-order valence-electron chi connectivity index (χ2n) is 4.91. The summed E-state index contributed by atoms with van der Waals surface area (Å²) in [5, 5.41) is 10.2. The number of aromatic nitrogens is 1. The molecular weight excluding hydrogens is 230 g/mol. The van der Waals surface area contributed by atoms with Crippen LogP contribution in [0.15, 0.2) is 4.52 Å². The molecule has 2 heterocycles. The van der Waals surface area contributed by atoms with E-state index in [2.05, 4.69) is 15.8 Å². The van der Waals surface area contributed by atoms with Gasteiger partial charge < -0.3 is 15.2 Å². The average Bonchev–Trinajstić information content (AvgIpc) is 2.96. The molecule has 5 heteroatoms. The van der Waals surface area contributed by atoms with Gasteiger partial charge in [0.2, 0.25) is 5.91 Å². The van der Waals surface area contributed by atoms with Crippen LogP contribution >= 0.6 is 0 Å². The van der Waals surface area contributed by atoms with Crippen LogP contribution in [0.1, 0.15) is 42.7 Å². The first-order valence-electron chi connectivity index (χ1n) is 6.58. The maximum absolute atomic E-state index is 11.7. The van der Waals surface area contributed by atoms with Gasteiger partial charge in [-0.2, -0.15) is 0 Å². The Hall–Kier alpha value is -1.36. The van der Waals surface area contributed by atoms with Crippen LogP contribution in [0.5, 0.6) is 0 Å². The van der Waals surface area contributed by atoms with Crippen LogP contribution in [0.3, 0.4) is 0 Å².